The number of hydrogen-bond acceptors (Lipinski definition) is 4. The molecule has 23 heavy (non-hydrogen) atoms. The van der Waals surface area contributed by atoms with Gasteiger partial charge < -0.3 is 10.2 Å². The molecule has 0 saturated carbocycles. The maximum Gasteiger partial charge on any atom is 0.322 e. The Kier molecular flexibility index (Phi) is 4.95. The van der Waals surface area contributed by atoms with E-state index >= 15 is 0 Å². The molecule has 0 aliphatic heterocycles. The van der Waals surface area contributed by atoms with E-state index in [9.17, 15) is 9.59 Å². The molecule has 2 rings (SSSR count). The van der Waals surface area contributed by atoms with Crippen LogP contribution in [0.2, 0.25) is 0 Å². The summed E-state index contributed by atoms with van der Waals surface area (Å²) in [7, 11) is 3.24. The first-order chi connectivity index (χ1) is 10.8. The number of hydrogen-bond donors (Lipinski definition) is 2. The summed E-state index contributed by atoms with van der Waals surface area (Å²) >= 11 is 0. The minimum atomic E-state index is -0.309. The number of anilines is 2. The SMILES string of the molecule is Cc1cc(C)cc(NC(=O)Cn2ncc(NC(=O)N(C)C)n2)c1. The number of nitrogens with zero attached hydrogens (tertiary/aromatic N) is 4. The van der Waals surface area contributed by atoms with Crippen LogP contribution in [0, 0.1) is 13.8 Å². The Balaban J connectivity index is 1.95. The smallest absolute Gasteiger partial charge is 0.322 e. The second-order valence-electron chi connectivity index (χ2n) is 5.51. The molecule has 0 atom stereocenters. The first-order valence-electron chi connectivity index (χ1n) is 7.10. The van der Waals surface area contributed by atoms with Gasteiger partial charge >= 0.3 is 6.03 Å². The summed E-state index contributed by atoms with van der Waals surface area (Å²) in [4.78, 5) is 26.2. The van der Waals surface area contributed by atoms with Gasteiger partial charge in [0, 0.05) is 19.8 Å². The molecule has 1 aromatic carbocycles. The Bertz CT molecular complexity index is 702. The van der Waals surface area contributed by atoms with Crippen molar-refractivity contribution in [1.29, 1.82) is 0 Å². The molecular formula is C15H20N6O2. The first-order valence-corrected chi connectivity index (χ1v) is 7.10. The summed E-state index contributed by atoms with van der Waals surface area (Å²) in [5, 5.41) is 13.4. The molecule has 2 aromatic rings. The summed E-state index contributed by atoms with van der Waals surface area (Å²) in [6, 6.07) is 5.51. The number of nitrogens with one attached hydrogen (secondary N) is 2. The Morgan fingerprint density at radius 3 is 2.39 bits per heavy atom. The fraction of sp³-hybridized carbons (Fsp3) is 0.333. The van der Waals surface area contributed by atoms with Gasteiger partial charge in [-0.25, -0.2) is 4.79 Å². The normalized spacial score (nSPS) is 10.3. The van der Waals surface area contributed by atoms with Gasteiger partial charge in [-0.15, -0.1) is 5.10 Å². The number of aryl methyl sites for hydroxylation is 2. The second kappa shape index (κ2) is 6.91. The van der Waals surface area contributed by atoms with Crippen molar-refractivity contribution in [3.63, 3.8) is 0 Å². The average molecular weight is 316 g/mol. The summed E-state index contributed by atoms with van der Waals surface area (Å²) in [5.74, 6) is 0.0546. The Morgan fingerprint density at radius 2 is 1.78 bits per heavy atom. The number of carbonyl (C=O) groups excluding carboxylic acids is 2. The van der Waals surface area contributed by atoms with E-state index in [-0.39, 0.29) is 18.5 Å². The van der Waals surface area contributed by atoms with Crippen LogP contribution in [0.5, 0.6) is 0 Å². The van der Waals surface area contributed by atoms with Crippen LogP contribution in [0.25, 0.3) is 0 Å². The third kappa shape index (κ3) is 4.80. The van der Waals surface area contributed by atoms with Crippen molar-refractivity contribution in [3.05, 3.63) is 35.5 Å². The van der Waals surface area contributed by atoms with Crippen molar-refractivity contribution in [1.82, 2.24) is 19.9 Å². The molecule has 1 heterocycles. The molecule has 3 amide bonds. The number of benzene rings is 1. The fourth-order valence-corrected chi connectivity index (χ4v) is 2.03. The summed E-state index contributed by atoms with van der Waals surface area (Å²) in [5.41, 5.74) is 2.89. The molecule has 8 heteroatoms. The predicted octanol–water partition coefficient (Wildman–Crippen LogP) is 1.63. The van der Waals surface area contributed by atoms with Crippen molar-refractivity contribution in [2.24, 2.45) is 0 Å². The lowest BCUT2D eigenvalue weighted by Crippen LogP contribution is -2.27. The summed E-state index contributed by atoms with van der Waals surface area (Å²) in [6.45, 7) is 3.90. The number of carbonyl (C=O) groups is 2. The van der Waals surface area contributed by atoms with Crippen LogP contribution in [0.1, 0.15) is 11.1 Å². The first kappa shape index (κ1) is 16.5. The lowest BCUT2D eigenvalue weighted by atomic mass is 10.1. The lowest BCUT2D eigenvalue weighted by molar-refractivity contribution is -0.117. The molecule has 0 radical (unpaired) electrons. The monoisotopic (exact) mass is 316 g/mol. The van der Waals surface area contributed by atoms with E-state index in [4.69, 9.17) is 0 Å². The van der Waals surface area contributed by atoms with Gasteiger partial charge in [0.2, 0.25) is 5.91 Å². The molecular weight excluding hydrogens is 296 g/mol. The van der Waals surface area contributed by atoms with Gasteiger partial charge in [-0.2, -0.15) is 9.90 Å². The number of urea groups is 1. The third-order valence-corrected chi connectivity index (χ3v) is 2.97. The lowest BCUT2D eigenvalue weighted by Gasteiger charge is -2.09. The largest absolute Gasteiger partial charge is 0.331 e. The highest BCUT2D eigenvalue weighted by atomic mass is 16.2. The maximum atomic E-state index is 12.0. The van der Waals surface area contributed by atoms with Crippen molar-refractivity contribution >= 4 is 23.4 Å². The standard InChI is InChI=1S/C15H20N6O2/c1-10-5-11(2)7-12(6-10)17-14(22)9-21-16-8-13(19-21)18-15(23)20(3)4/h5-8H,9H2,1-4H3,(H,17,22)(H,18,19,23). The number of aromatic nitrogens is 3. The van der Waals surface area contributed by atoms with Gasteiger partial charge in [0.1, 0.15) is 6.54 Å². The summed E-state index contributed by atoms with van der Waals surface area (Å²) in [6.07, 6.45) is 1.39. The van der Waals surface area contributed by atoms with E-state index in [1.807, 2.05) is 32.0 Å². The quantitative estimate of drug-likeness (QED) is 0.896. The molecule has 1 aromatic heterocycles. The van der Waals surface area contributed by atoms with Gasteiger partial charge in [-0.3, -0.25) is 10.1 Å². The Labute approximate surface area is 134 Å². The molecule has 0 spiro atoms. The van der Waals surface area contributed by atoms with Gasteiger partial charge in [0.15, 0.2) is 5.82 Å². The van der Waals surface area contributed by atoms with Crippen molar-refractivity contribution < 1.29 is 9.59 Å². The van der Waals surface area contributed by atoms with Crippen molar-refractivity contribution in [2.45, 2.75) is 20.4 Å². The van der Waals surface area contributed by atoms with Crippen LogP contribution < -0.4 is 10.6 Å². The van der Waals surface area contributed by atoms with Gasteiger partial charge in [-0.1, -0.05) is 6.07 Å². The fourth-order valence-electron chi connectivity index (χ4n) is 2.03. The van der Waals surface area contributed by atoms with E-state index in [0.29, 0.717) is 5.82 Å². The molecule has 0 fully saturated rings. The highest BCUT2D eigenvalue weighted by Gasteiger charge is 2.10. The van der Waals surface area contributed by atoms with Crippen LogP contribution in [0.4, 0.5) is 16.3 Å². The molecule has 0 aliphatic rings. The van der Waals surface area contributed by atoms with Gasteiger partial charge in [0.05, 0.1) is 6.20 Å². The topological polar surface area (TPSA) is 92.2 Å². The number of rotatable bonds is 4. The molecule has 0 bridgehead atoms. The zero-order valence-electron chi connectivity index (χ0n) is 13.6. The van der Waals surface area contributed by atoms with Crippen molar-refractivity contribution in [2.75, 3.05) is 24.7 Å². The molecule has 0 saturated heterocycles. The molecule has 0 aliphatic carbocycles. The second-order valence-corrected chi connectivity index (χ2v) is 5.51. The minimum absolute atomic E-state index is 0.0369. The van der Waals surface area contributed by atoms with Crippen LogP contribution in [0.3, 0.4) is 0 Å². The van der Waals surface area contributed by atoms with E-state index in [2.05, 4.69) is 20.8 Å². The van der Waals surface area contributed by atoms with E-state index in [1.165, 1.54) is 15.9 Å². The minimum Gasteiger partial charge on any atom is -0.331 e. The van der Waals surface area contributed by atoms with Crippen LogP contribution >= 0.6 is 0 Å². The summed E-state index contributed by atoms with van der Waals surface area (Å²) < 4.78 is 0. The van der Waals surface area contributed by atoms with Crippen LogP contribution in [-0.4, -0.2) is 45.9 Å². The maximum absolute atomic E-state index is 12.0. The third-order valence-electron chi connectivity index (χ3n) is 2.97. The van der Waals surface area contributed by atoms with Gasteiger partial charge in [-0.05, 0) is 37.1 Å². The number of amides is 3. The molecule has 2 N–H and O–H groups in total. The molecule has 8 nitrogen and oxygen atoms in total. The van der Waals surface area contributed by atoms with E-state index in [0.717, 1.165) is 16.8 Å². The average Bonchev–Trinajstić information content (AvgIpc) is 2.84. The molecule has 0 unspecified atom stereocenters. The van der Waals surface area contributed by atoms with Crippen LogP contribution in [-0.2, 0) is 11.3 Å². The van der Waals surface area contributed by atoms with Crippen LogP contribution in [0.15, 0.2) is 24.4 Å². The highest BCUT2D eigenvalue weighted by molar-refractivity contribution is 5.90. The zero-order chi connectivity index (χ0) is 17.0. The zero-order valence-corrected chi connectivity index (χ0v) is 13.6. The predicted molar refractivity (Wildman–Crippen MR) is 87.3 cm³/mol. The van der Waals surface area contributed by atoms with Crippen molar-refractivity contribution in [3.8, 4) is 0 Å². The van der Waals surface area contributed by atoms with E-state index < -0.39 is 0 Å². The molecule has 122 valence electrons. The van der Waals surface area contributed by atoms with E-state index in [1.54, 1.807) is 14.1 Å². The Hall–Kier alpha value is -2.90. The highest BCUT2D eigenvalue weighted by Crippen LogP contribution is 2.13. The van der Waals surface area contributed by atoms with Gasteiger partial charge in [0.25, 0.3) is 0 Å². The Morgan fingerprint density at radius 1 is 1.13 bits per heavy atom.